The van der Waals surface area contributed by atoms with Crippen LogP contribution < -0.4 is 5.32 Å². The number of rotatable bonds is 3. The van der Waals surface area contributed by atoms with Crippen molar-refractivity contribution >= 4 is 16.7 Å². The van der Waals surface area contributed by atoms with E-state index in [4.69, 9.17) is 0 Å². The van der Waals surface area contributed by atoms with Crippen molar-refractivity contribution < 1.29 is 0 Å². The molecule has 0 amide bonds. The molecule has 0 radical (unpaired) electrons. The van der Waals surface area contributed by atoms with Gasteiger partial charge in [0.15, 0.2) is 0 Å². The monoisotopic (exact) mass is 216 g/mol. The minimum absolute atomic E-state index is 0.485. The molecule has 1 heterocycles. The van der Waals surface area contributed by atoms with Crippen LogP contribution in [0.5, 0.6) is 0 Å². The van der Waals surface area contributed by atoms with E-state index in [1.54, 1.807) is 0 Å². The lowest BCUT2D eigenvalue weighted by molar-refractivity contribution is 0.493. The summed E-state index contributed by atoms with van der Waals surface area (Å²) in [5.41, 5.74) is 3.44. The van der Waals surface area contributed by atoms with Crippen LogP contribution in [0.1, 0.15) is 26.7 Å². The molecule has 0 aliphatic heterocycles. The van der Waals surface area contributed by atoms with Crippen molar-refractivity contribution in [2.45, 2.75) is 32.7 Å². The normalized spacial score (nSPS) is 19.6. The standard InChI is InChI=1S/C12H16N4/c1-8(12(2)5-6-12)13-9-3-4-10-11(7-9)15-16-14-10/h3-4,7-8,13H,5-6H2,1-2H3,(H,14,15,16). The average molecular weight is 216 g/mol. The van der Waals surface area contributed by atoms with Crippen molar-refractivity contribution in [1.82, 2.24) is 15.4 Å². The minimum Gasteiger partial charge on any atom is -0.382 e. The highest BCUT2D eigenvalue weighted by atomic mass is 15.3. The molecule has 1 fully saturated rings. The molecule has 1 aliphatic carbocycles. The quantitative estimate of drug-likeness (QED) is 0.829. The Morgan fingerprint density at radius 3 is 2.81 bits per heavy atom. The van der Waals surface area contributed by atoms with Crippen molar-refractivity contribution in [2.75, 3.05) is 5.32 Å². The molecule has 4 nitrogen and oxygen atoms in total. The van der Waals surface area contributed by atoms with Gasteiger partial charge in [0, 0.05) is 11.7 Å². The fourth-order valence-electron chi connectivity index (χ4n) is 1.98. The summed E-state index contributed by atoms with van der Waals surface area (Å²) in [6.45, 7) is 4.58. The van der Waals surface area contributed by atoms with Crippen molar-refractivity contribution in [3.63, 3.8) is 0 Å². The van der Waals surface area contributed by atoms with Gasteiger partial charge in [-0.05, 0) is 43.4 Å². The molecular formula is C12H16N4. The predicted molar refractivity (Wildman–Crippen MR) is 64.3 cm³/mol. The summed E-state index contributed by atoms with van der Waals surface area (Å²) >= 11 is 0. The lowest BCUT2D eigenvalue weighted by Crippen LogP contribution is -2.24. The first-order valence-corrected chi connectivity index (χ1v) is 5.74. The van der Waals surface area contributed by atoms with Gasteiger partial charge in [0.1, 0.15) is 11.0 Å². The highest BCUT2D eigenvalue weighted by Gasteiger charge is 2.42. The number of fused-ring (bicyclic) bond motifs is 1. The average Bonchev–Trinajstić information content (AvgIpc) is 2.87. The molecule has 2 N–H and O–H groups in total. The molecule has 1 atom stereocenters. The van der Waals surface area contributed by atoms with E-state index in [1.165, 1.54) is 12.8 Å². The summed E-state index contributed by atoms with van der Waals surface area (Å²) < 4.78 is 0. The van der Waals surface area contributed by atoms with E-state index in [2.05, 4.69) is 40.6 Å². The number of H-pyrrole nitrogens is 1. The fraction of sp³-hybridized carbons (Fsp3) is 0.500. The molecule has 16 heavy (non-hydrogen) atoms. The van der Waals surface area contributed by atoms with Crippen LogP contribution >= 0.6 is 0 Å². The van der Waals surface area contributed by atoms with E-state index < -0.39 is 0 Å². The molecule has 1 unspecified atom stereocenters. The molecule has 2 aromatic rings. The third kappa shape index (κ3) is 1.54. The Hall–Kier alpha value is -1.58. The van der Waals surface area contributed by atoms with Gasteiger partial charge in [-0.1, -0.05) is 6.92 Å². The molecule has 1 aromatic heterocycles. The van der Waals surface area contributed by atoms with E-state index in [1.807, 2.05) is 12.1 Å². The van der Waals surface area contributed by atoms with Gasteiger partial charge in [-0.15, -0.1) is 0 Å². The third-order valence-corrected chi connectivity index (χ3v) is 3.78. The van der Waals surface area contributed by atoms with Crippen molar-refractivity contribution in [3.8, 4) is 0 Å². The maximum Gasteiger partial charge on any atom is 0.115 e. The zero-order valence-corrected chi connectivity index (χ0v) is 9.62. The largest absolute Gasteiger partial charge is 0.382 e. The van der Waals surface area contributed by atoms with E-state index >= 15 is 0 Å². The molecule has 1 aliphatic rings. The number of aromatic amines is 1. The molecular weight excluding hydrogens is 200 g/mol. The van der Waals surface area contributed by atoms with Crippen LogP contribution in [-0.4, -0.2) is 21.5 Å². The van der Waals surface area contributed by atoms with Crippen LogP contribution in [-0.2, 0) is 0 Å². The maximum atomic E-state index is 4.09. The lowest BCUT2D eigenvalue weighted by Gasteiger charge is -2.21. The van der Waals surface area contributed by atoms with Crippen LogP contribution in [0.2, 0.25) is 0 Å². The Labute approximate surface area is 94.4 Å². The van der Waals surface area contributed by atoms with Crippen LogP contribution in [0, 0.1) is 5.41 Å². The van der Waals surface area contributed by atoms with Gasteiger partial charge in [-0.3, -0.25) is 0 Å². The highest BCUT2D eigenvalue weighted by Crippen LogP contribution is 2.48. The van der Waals surface area contributed by atoms with Gasteiger partial charge >= 0.3 is 0 Å². The Morgan fingerprint density at radius 2 is 2.06 bits per heavy atom. The first-order chi connectivity index (χ1) is 7.67. The SMILES string of the molecule is CC(Nc1ccc2n[nH]nc2c1)C1(C)CC1. The van der Waals surface area contributed by atoms with Crippen molar-refractivity contribution in [3.05, 3.63) is 18.2 Å². The smallest absolute Gasteiger partial charge is 0.115 e. The highest BCUT2D eigenvalue weighted by molar-refractivity contribution is 5.77. The Morgan fingerprint density at radius 1 is 1.31 bits per heavy atom. The molecule has 1 saturated carbocycles. The summed E-state index contributed by atoms with van der Waals surface area (Å²) in [6, 6.07) is 6.61. The first-order valence-electron chi connectivity index (χ1n) is 5.74. The van der Waals surface area contributed by atoms with Crippen LogP contribution in [0.3, 0.4) is 0 Å². The molecule has 3 rings (SSSR count). The second-order valence-electron chi connectivity index (χ2n) is 5.05. The fourth-order valence-corrected chi connectivity index (χ4v) is 1.98. The van der Waals surface area contributed by atoms with Crippen molar-refractivity contribution in [1.29, 1.82) is 0 Å². The van der Waals surface area contributed by atoms with Gasteiger partial charge in [0.05, 0.1) is 0 Å². The maximum absolute atomic E-state index is 4.09. The van der Waals surface area contributed by atoms with Crippen molar-refractivity contribution in [2.24, 2.45) is 5.41 Å². The number of hydrogen-bond acceptors (Lipinski definition) is 3. The van der Waals surface area contributed by atoms with E-state index in [-0.39, 0.29) is 0 Å². The number of aromatic nitrogens is 3. The van der Waals surface area contributed by atoms with E-state index in [0.29, 0.717) is 11.5 Å². The molecule has 1 aromatic carbocycles. The Bertz CT molecular complexity index is 512. The summed E-state index contributed by atoms with van der Waals surface area (Å²) in [5, 5.41) is 14.3. The molecule has 0 saturated heterocycles. The van der Waals surface area contributed by atoms with Crippen LogP contribution in [0.15, 0.2) is 18.2 Å². The Kier molecular flexibility index (Phi) is 1.93. The number of nitrogens with zero attached hydrogens (tertiary/aromatic N) is 2. The van der Waals surface area contributed by atoms with Gasteiger partial charge in [0.25, 0.3) is 0 Å². The van der Waals surface area contributed by atoms with Crippen LogP contribution in [0.25, 0.3) is 11.0 Å². The second-order valence-corrected chi connectivity index (χ2v) is 5.05. The number of hydrogen-bond donors (Lipinski definition) is 2. The third-order valence-electron chi connectivity index (χ3n) is 3.78. The number of benzene rings is 1. The van der Waals surface area contributed by atoms with Gasteiger partial charge < -0.3 is 5.32 Å². The van der Waals surface area contributed by atoms with Gasteiger partial charge in [-0.25, -0.2) is 0 Å². The summed E-state index contributed by atoms with van der Waals surface area (Å²) in [5.74, 6) is 0. The van der Waals surface area contributed by atoms with E-state index in [9.17, 15) is 0 Å². The zero-order valence-electron chi connectivity index (χ0n) is 9.62. The minimum atomic E-state index is 0.485. The molecule has 0 bridgehead atoms. The van der Waals surface area contributed by atoms with Gasteiger partial charge in [0.2, 0.25) is 0 Å². The molecule has 4 heteroatoms. The number of nitrogens with one attached hydrogen (secondary N) is 2. The van der Waals surface area contributed by atoms with E-state index in [0.717, 1.165) is 16.7 Å². The topological polar surface area (TPSA) is 53.6 Å². The first kappa shape index (κ1) is 9.63. The lowest BCUT2D eigenvalue weighted by atomic mass is 10.0. The summed E-state index contributed by atoms with van der Waals surface area (Å²) in [7, 11) is 0. The second kappa shape index (κ2) is 3.20. The summed E-state index contributed by atoms with van der Waals surface area (Å²) in [6.07, 6.45) is 2.65. The van der Waals surface area contributed by atoms with Gasteiger partial charge in [-0.2, -0.15) is 15.4 Å². The predicted octanol–water partition coefficient (Wildman–Crippen LogP) is 2.56. The zero-order chi connectivity index (χ0) is 11.2. The Balaban J connectivity index is 1.83. The summed E-state index contributed by atoms with van der Waals surface area (Å²) in [4.78, 5) is 0. The van der Waals surface area contributed by atoms with Crippen LogP contribution in [0.4, 0.5) is 5.69 Å². The molecule has 84 valence electrons. The number of anilines is 1. The molecule has 0 spiro atoms.